The van der Waals surface area contributed by atoms with E-state index in [0.29, 0.717) is 0 Å². The quantitative estimate of drug-likeness (QED) is 0.548. The van der Waals surface area contributed by atoms with Crippen LogP contribution in [0.15, 0.2) is 48.5 Å². The lowest BCUT2D eigenvalue weighted by Crippen LogP contribution is -2.56. The standard InChI is InChI=1S/C23H31N2Si/c1-22(2)23(24(3)17-25(22)15-16-26(4,5)6)20-13-9-7-11-18(20)19-12-8-10-14-21(19)23/h7-14,17H,15-16H2,1-6H3/q+1. The molecule has 136 valence electrons. The highest BCUT2D eigenvalue weighted by molar-refractivity contribution is 6.76. The molecule has 0 amide bonds. The number of fused-ring (bicyclic) bond motifs is 5. The number of nitrogens with zero attached hydrogens (tertiary/aromatic N) is 2. The lowest BCUT2D eigenvalue weighted by atomic mass is 9.72. The second kappa shape index (κ2) is 5.56. The average molecular weight is 364 g/mol. The fourth-order valence-corrected chi connectivity index (χ4v) is 6.04. The van der Waals surface area contributed by atoms with Crippen molar-refractivity contribution >= 4 is 14.4 Å². The van der Waals surface area contributed by atoms with Crippen LogP contribution < -0.4 is 0 Å². The molecule has 0 bridgehead atoms. The summed E-state index contributed by atoms with van der Waals surface area (Å²) in [6.45, 7) is 13.4. The Morgan fingerprint density at radius 1 is 0.885 bits per heavy atom. The van der Waals surface area contributed by atoms with E-state index in [1.54, 1.807) is 0 Å². The molecule has 2 aliphatic rings. The third-order valence-electron chi connectivity index (χ3n) is 6.47. The summed E-state index contributed by atoms with van der Waals surface area (Å²) in [6.07, 6.45) is 2.37. The molecule has 0 unspecified atom stereocenters. The smallest absolute Gasteiger partial charge is 0.235 e. The molecule has 0 saturated heterocycles. The van der Waals surface area contributed by atoms with Crippen LogP contribution in [0.5, 0.6) is 0 Å². The zero-order chi connectivity index (χ0) is 18.7. The van der Waals surface area contributed by atoms with Crippen LogP contribution in [0, 0.1) is 0 Å². The monoisotopic (exact) mass is 363 g/mol. The van der Waals surface area contributed by atoms with E-state index in [4.69, 9.17) is 0 Å². The Morgan fingerprint density at radius 3 is 1.88 bits per heavy atom. The summed E-state index contributed by atoms with van der Waals surface area (Å²) in [7, 11) is 1.18. The molecule has 1 spiro atoms. The Morgan fingerprint density at radius 2 is 1.38 bits per heavy atom. The van der Waals surface area contributed by atoms with E-state index in [2.05, 4.69) is 105 Å². The van der Waals surface area contributed by atoms with Crippen molar-refractivity contribution in [3.63, 3.8) is 0 Å². The predicted octanol–water partition coefficient (Wildman–Crippen LogP) is 5.01. The SMILES string of the molecule is C[N+]1=CN(CC[Si](C)(C)C)C(C)(C)C12c1ccccc1-c1ccccc12. The Kier molecular flexibility index (Phi) is 3.75. The molecular formula is C23H31N2Si+. The lowest BCUT2D eigenvalue weighted by molar-refractivity contribution is -0.575. The Balaban J connectivity index is 1.90. The van der Waals surface area contributed by atoms with Gasteiger partial charge in [-0.05, 0) is 31.0 Å². The average Bonchev–Trinajstić information content (AvgIpc) is 2.99. The molecule has 0 radical (unpaired) electrons. The van der Waals surface area contributed by atoms with Crippen LogP contribution >= 0.6 is 0 Å². The van der Waals surface area contributed by atoms with Gasteiger partial charge in [-0.15, -0.1) is 0 Å². The van der Waals surface area contributed by atoms with Crippen LogP contribution in [0.4, 0.5) is 0 Å². The van der Waals surface area contributed by atoms with E-state index < -0.39 is 8.07 Å². The Hall–Kier alpha value is -1.87. The van der Waals surface area contributed by atoms with Crippen molar-refractivity contribution in [1.29, 1.82) is 0 Å². The molecule has 3 heteroatoms. The minimum atomic E-state index is -1.08. The van der Waals surface area contributed by atoms with Crippen LogP contribution in [0.1, 0.15) is 25.0 Å². The third-order valence-corrected chi connectivity index (χ3v) is 8.20. The molecule has 2 nitrogen and oxygen atoms in total. The molecule has 0 N–H and O–H groups in total. The van der Waals surface area contributed by atoms with Crippen molar-refractivity contribution in [2.24, 2.45) is 0 Å². The fourth-order valence-electron chi connectivity index (χ4n) is 5.12. The van der Waals surface area contributed by atoms with Gasteiger partial charge in [-0.1, -0.05) is 68.2 Å². The number of likely N-dealkylation sites (N-methyl/N-ethyl adjacent to an activating group) is 1. The van der Waals surface area contributed by atoms with Gasteiger partial charge in [-0.2, -0.15) is 0 Å². The van der Waals surface area contributed by atoms with Crippen molar-refractivity contribution < 1.29 is 4.58 Å². The summed E-state index contributed by atoms with van der Waals surface area (Å²) in [5.74, 6) is 0. The molecule has 4 rings (SSSR count). The molecule has 26 heavy (non-hydrogen) atoms. The summed E-state index contributed by atoms with van der Waals surface area (Å²) < 4.78 is 2.47. The maximum absolute atomic E-state index is 2.60. The molecule has 1 aliphatic heterocycles. The van der Waals surface area contributed by atoms with E-state index in [0.717, 1.165) is 6.54 Å². The fraction of sp³-hybridized carbons (Fsp3) is 0.435. The van der Waals surface area contributed by atoms with Gasteiger partial charge in [0.25, 0.3) is 0 Å². The molecule has 1 aliphatic carbocycles. The highest BCUT2D eigenvalue weighted by Crippen LogP contribution is 2.57. The molecule has 0 fully saturated rings. The van der Waals surface area contributed by atoms with E-state index >= 15 is 0 Å². The molecule has 2 aromatic rings. The molecule has 0 aromatic heterocycles. The molecule has 2 aromatic carbocycles. The van der Waals surface area contributed by atoms with E-state index in [9.17, 15) is 0 Å². The van der Waals surface area contributed by atoms with Crippen molar-refractivity contribution in [3.05, 3.63) is 59.7 Å². The topological polar surface area (TPSA) is 6.25 Å². The van der Waals surface area contributed by atoms with Gasteiger partial charge in [0.15, 0.2) is 11.1 Å². The van der Waals surface area contributed by atoms with Gasteiger partial charge in [-0.25, -0.2) is 0 Å². The molecule has 0 saturated carbocycles. The van der Waals surface area contributed by atoms with Crippen LogP contribution in [0.3, 0.4) is 0 Å². The number of hydrogen-bond donors (Lipinski definition) is 0. The molecular weight excluding hydrogens is 332 g/mol. The first-order valence-corrected chi connectivity index (χ1v) is 13.4. The maximum atomic E-state index is 2.60. The summed E-state index contributed by atoms with van der Waals surface area (Å²) >= 11 is 0. The van der Waals surface area contributed by atoms with Gasteiger partial charge >= 0.3 is 0 Å². The van der Waals surface area contributed by atoms with Crippen molar-refractivity contribution in [1.82, 2.24) is 4.90 Å². The minimum absolute atomic E-state index is 0.00981. The van der Waals surface area contributed by atoms with Crippen LogP contribution in [-0.2, 0) is 5.54 Å². The van der Waals surface area contributed by atoms with Gasteiger partial charge in [0.05, 0.1) is 13.6 Å². The summed E-state index contributed by atoms with van der Waals surface area (Å²) in [5.41, 5.74) is 5.54. The van der Waals surface area contributed by atoms with Crippen molar-refractivity contribution in [2.45, 2.75) is 50.6 Å². The minimum Gasteiger partial charge on any atom is -0.258 e. The van der Waals surface area contributed by atoms with E-state index in [1.165, 1.54) is 28.3 Å². The largest absolute Gasteiger partial charge is 0.258 e. The molecule has 0 atom stereocenters. The van der Waals surface area contributed by atoms with Crippen LogP contribution in [0.25, 0.3) is 11.1 Å². The van der Waals surface area contributed by atoms with Crippen molar-refractivity contribution in [3.8, 4) is 11.1 Å². The zero-order valence-corrected chi connectivity index (χ0v) is 18.0. The second-order valence-electron chi connectivity index (χ2n) is 9.59. The molecule has 1 heterocycles. The number of benzene rings is 2. The Labute approximate surface area is 159 Å². The van der Waals surface area contributed by atoms with E-state index in [-0.39, 0.29) is 11.1 Å². The normalized spacial score (nSPS) is 19.5. The van der Waals surface area contributed by atoms with Crippen LogP contribution in [0.2, 0.25) is 25.7 Å². The lowest BCUT2D eigenvalue weighted by Gasteiger charge is -2.40. The van der Waals surface area contributed by atoms with E-state index in [1.807, 2.05) is 0 Å². The number of rotatable bonds is 3. The predicted molar refractivity (Wildman–Crippen MR) is 114 cm³/mol. The first-order valence-electron chi connectivity index (χ1n) is 9.74. The first-order chi connectivity index (χ1) is 12.2. The zero-order valence-electron chi connectivity index (χ0n) is 17.0. The Bertz CT molecular complexity index is 844. The van der Waals surface area contributed by atoms with Crippen LogP contribution in [-0.4, -0.2) is 43.0 Å². The first kappa shape index (κ1) is 17.5. The maximum Gasteiger partial charge on any atom is 0.235 e. The summed E-state index contributed by atoms with van der Waals surface area (Å²) in [4.78, 5) is 2.60. The van der Waals surface area contributed by atoms with Gasteiger partial charge in [0.2, 0.25) is 6.34 Å². The summed E-state index contributed by atoms with van der Waals surface area (Å²) in [5, 5.41) is 0. The van der Waals surface area contributed by atoms with Crippen molar-refractivity contribution in [2.75, 3.05) is 13.6 Å². The highest BCUT2D eigenvalue weighted by Gasteiger charge is 2.65. The van der Waals surface area contributed by atoms with Gasteiger partial charge < -0.3 is 0 Å². The third kappa shape index (κ3) is 2.19. The highest BCUT2D eigenvalue weighted by atomic mass is 28.3. The summed E-state index contributed by atoms with van der Waals surface area (Å²) in [6, 6.07) is 19.3. The number of hydrogen-bond acceptors (Lipinski definition) is 1. The van der Waals surface area contributed by atoms with Gasteiger partial charge in [-0.3, -0.25) is 9.48 Å². The second-order valence-corrected chi connectivity index (χ2v) is 15.2. The van der Waals surface area contributed by atoms with Gasteiger partial charge in [0, 0.05) is 19.2 Å². The van der Waals surface area contributed by atoms with Gasteiger partial charge in [0.1, 0.15) is 0 Å².